The highest BCUT2D eigenvalue weighted by Gasteiger charge is 2.04. The van der Waals surface area contributed by atoms with E-state index in [1.54, 1.807) is 18.3 Å². The number of rotatable bonds is 7. The first kappa shape index (κ1) is 18.7. The zero-order valence-electron chi connectivity index (χ0n) is 14.9. The third-order valence-electron chi connectivity index (χ3n) is 3.59. The highest BCUT2D eigenvalue weighted by Crippen LogP contribution is 2.20. The molecular weight excluding hydrogens is 319 g/mol. The third kappa shape index (κ3) is 6.41. The van der Waals surface area contributed by atoms with Gasteiger partial charge in [-0.2, -0.15) is 0 Å². The molecule has 2 N–H and O–H groups in total. The number of pyridine rings is 1. The second-order valence-electron chi connectivity index (χ2n) is 5.71. The van der Waals surface area contributed by atoms with Crippen LogP contribution in [0.2, 0.25) is 0 Å². The van der Waals surface area contributed by atoms with Crippen LogP contribution in [-0.4, -0.2) is 23.5 Å². The standard InChI is InChI=1S/C19H25FN4O/c1-4-14(3)24-19(21-5-2)23-13-15-10-11-22-18(12-15)25-17-8-6-16(20)7-9-17/h6-12,14H,4-5,13H2,1-3H3,(H2,21,23,24). The Kier molecular flexibility index (Phi) is 7.19. The summed E-state index contributed by atoms with van der Waals surface area (Å²) >= 11 is 0. The Morgan fingerprint density at radius 3 is 2.68 bits per heavy atom. The maximum absolute atomic E-state index is 12.9. The molecule has 134 valence electrons. The van der Waals surface area contributed by atoms with Crippen molar-refractivity contribution in [1.82, 2.24) is 15.6 Å². The lowest BCUT2D eigenvalue weighted by Crippen LogP contribution is -2.41. The molecule has 0 saturated heterocycles. The van der Waals surface area contributed by atoms with Gasteiger partial charge in [0.05, 0.1) is 6.54 Å². The molecule has 2 aromatic rings. The quantitative estimate of drug-likeness (QED) is 0.591. The number of aliphatic imine (C=N–C) groups is 1. The van der Waals surface area contributed by atoms with Crippen molar-refractivity contribution in [2.75, 3.05) is 6.54 Å². The number of hydrogen-bond acceptors (Lipinski definition) is 3. The van der Waals surface area contributed by atoms with E-state index >= 15 is 0 Å². The van der Waals surface area contributed by atoms with Gasteiger partial charge in [0.2, 0.25) is 5.88 Å². The fourth-order valence-electron chi connectivity index (χ4n) is 2.05. The van der Waals surface area contributed by atoms with Crippen LogP contribution in [-0.2, 0) is 6.54 Å². The summed E-state index contributed by atoms with van der Waals surface area (Å²) < 4.78 is 18.6. The maximum atomic E-state index is 12.9. The van der Waals surface area contributed by atoms with Crippen molar-refractivity contribution in [3.8, 4) is 11.6 Å². The van der Waals surface area contributed by atoms with Crippen molar-refractivity contribution in [2.24, 2.45) is 4.99 Å². The Hall–Kier alpha value is -2.63. The monoisotopic (exact) mass is 344 g/mol. The van der Waals surface area contributed by atoms with Gasteiger partial charge in [0, 0.05) is 24.8 Å². The predicted molar refractivity (Wildman–Crippen MR) is 98.4 cm³/mol. The van der Waals surface area contributed by atoms with Gasteiger partial charge in [0.1, 0.15) is 11.6 Å². The Labute approximate surface area is 148 Å². The highest BCUT2D eigenvalue weighted by molar-refractivity contribution is 5.80. The average molecular weight is 344 g/mol. The molecule has 1 aromatic heterocycles. The van der Waals surface area contributed by atoms with Gasteiger partial charge in [-0.25, -0.2) is 14.4 Å². The van der Waals surface area contributed by atoms with Crippen molar-refractivity contribution in [2.45, 2.75) is 39.8 Å². The molecule has 5 nitrogen and oxygen atoms in total. The number of ether oxygens (including phenoxy) is 1. The number of nitrogens with one attached hydrogen (secondary N) is 2. The molecule has 1 aromatic carbocycles. The zero-order chi connectivity index (χ0) is 18.1. The van der Waals surface area contributed by atoms with Crippen LogP contribution in [0.25, 0.3) is 0 Å². The van der Waals surface area contributed by atoms with Crippen molar-refractivity contribution in [3.63, 3.8) is 0 Å². The lowest BCUT2D eigenvalue weighted by Gasteiger charge is -2.16. The van der Waals surface area contributed by atoms with Crippen molar-refractivity contribution >= 4 is 5.96 Å². The van der Waals surface area contributed by atoms with Gasteiger partial charge in [-0.3, -0.25) is 0 Å². The van der Waals surface area contributed by atoms with E-state index in [4.69, 9.17) is 4.74 Å². The summed E-state index contributed by atoms with van der Waals surface area (Å²) in [5.74, 6) is 1.49. The lowest BCUT2D eigenvalue weighted by atomic mass is 10.2. The number of hydrogen-bond donors (Lipinski definition) is 2. The topological polar surface area (TPSA) is 58.5 Å². The van der Waals surface area contributed by atoms with Crippen LogP contribution in [0, 0.1) is 5.82 Å². The summed E-state index contributed by atoms with van der Waals surface area (Å²) in [5, 5.41) is 6.59. The number of halogens is 1. The van der Waals surface area contributed by atoms with Crippen LogP contribution in [0.3, 0.4) is 0 Å². The van der Waals surface area contributed by atoms with Crippen LogP contribution < -0.4 is 15.4 Å². The van der Waals surface area contributed by atoms with Crippen LogP contribution in [0.15, 0.2) is 47.6 Å². The van der Waals surface area contributed by atoms with Crippen molar-refractivity contribution < 1.29 is 9.13 Å². The van der Waals surface area contributed by atoms with Crippen molar-refractivity contribution in [3.05, 3.63) is 54.0 Å². The molecule has 1 heterocycles. The molecule has 0 bridgehead atoms. The molecule has 25 heavy (non-hydrogen) atoms. The van der Waals surface area contributed by atoms with E-state index in [2.05, 4.69) is 34.5 Å². The van der Waals surface area contributed by atoms with E-state index in [9.17, 15) is 4.39 Å². The SMILES string of the molecule is CCNC(=NCc1ccnc(Oc2ccc(F)cc2)c1)NC(C)CC. The van der Waals surface area contributed by atoms with Gasteiger partial charge in [-0.05, 0) is 56.2 Å². The Morgan fingerprint density at radius 1 is 1.24 bits per heavy atom. The second-order valence-corrected chi connectivity index (χ2v) is 5.71. The first-order chi connectivity index (χ1) is 12.1. The molecule has 2 rings (SSSR count). The Morgan fingerprint density at radius 2 is 2.00 bits per heavy atom. The molecule has 1 unspecified atom stereocenters. The molecular formula is C19H25FN4O. The van der Waals surface area contributed by atoms with Gasteiger partial charge in [0.15, 0.2) is 5.96 Å². The average Bonchev–Trinajstić information content (AvgIpc) is 2.62. The van der Waals surface area contributed by atoms with Gasteiger partial charge in [-0.1, -0.05) is 6.92 Å². The first-order valence-corrected chi connectivity index (χ1v) is 8.54. The van der Waals surface area contributed by atoms with Gasteiger partial charge >= 0.3 is 0 Å². The summed E-state index contributed by atoms with van der Waals surface area (Å²) in [5.41, 5.74) is 0.980. The first-order valence-electron chi connectivity index (χ1n) is 8.54. The maximum Gasteiger partial charge on any atom is 0.219 e. The second kappa shape index (κ2) is 9.61. The fraction of sp³-hybridized carbons (Fsp3) is 0.368. The Bertz CT molecular complexity index is 688. The van der Waals surface area contributed by atoms with Gasteiger partial charge < -0.3 is 15.4 Å². The molecule has 0 saturated carbocycles. The smallest absolute Gasteiger partial charge is 0.219 e. The van der Waals surface area contributed by atoms with E-state index in [1.807, 2.05) is 19.1 Å². The minimum atomic E-state index is -0.298. The number of nitrogens with zero attached hydrogens (tertiary/aromatic N) is 2. The fourth-order valence-corrected chi connectivity index (χ4v) is 2.05. The van der Waals surface area contributed by atoms with Gasteiger partial charge in [0.25, 0.3) is 0 Å². The molecule has 0 spiro atoms. The molecule has 0 aliphatic carbocycles. The molecule has 0 fully saturated rings. The minimum Gasteiger partial charge on any atom is -0.439 e. The van der Waals surface area contributed by atoms with E-state index in [0.717, 1.165) is 24.5 Å². The normalized spacial score (nSPS) is 12.6. The summed E-state index contributed by atoms with van der Waals surface area (Å²) in [6.07, 6.45) is 2.70. The summed E-state index contributed by atoms with van der Waals surface area (Å²) in [6, 6.07) is 9.93. The molecule has 1 atom stereocenters. The highest BCUT2D eigenvalue weighted by atomic mass is 19.1. The third-order valence-corrected chi connectivity index (χ3v) is 3.59. The molecule has 0 amide bonds. The van der Waals surface area contributed by atoms with Crippen LogP contribution in [0.5, 0.6) is 11.6 Å². The molecule has 6 heteroatoms. The number of guanidine groups is 1. The molecule has 0 aliphatic rings. The zero-order valence-corrected chi connectivity index (χ0v) is 14.9. The van der Waals surface area contributed by atoms with Crippen LogP contribution >= 0.6 is 0 Å². The molecule has 0 aliphatic heterocycles. The summed E-state index contributed by atoms with van der Waals surface area (Å²) in [4.78, 5) is 8.78. The number of aromatic nitrogens is 1. The Balaban J connectivity index is 2.04. The summed E-state index contributed by atoms with van der Waals surface area (Å²) in [7, 11) is 0. The lowest BCUT2D eigenvalue weighted by molar-refractivity contribution is 0.460. The van der Waals surface area contributed by atoms with E-state index in [1.165, 1.54) is 12.1 Å². The van der Waals surface area contributed by atoms with Crippen LogP contribution in [0.1, 0.15) is 32.8 Å². The van der Waals surface area contributed by atoms with Gasteiger partial charge in [-0.15, -0.1) is 0 Å². The summed E-state index contributed by atoms with van der Waals surface area (Å²) in [6.45, 7) is 7.59. The van der Waals surface area contributed by atoms with E-state index < -0.39 is 0 Å². The minimum absolute atomic E-state index is 0.298. The number of benzene rings is 1. The van der Waals surface area contributed by atoms with E-state index in [0.29, 0.717) is 24.2 Å². The molecule has 0 radical (unpaired) electrons. The van der Waals surface area contributed by atoms with Crippen molar-refractivity contribution in [1.29, 1.82) is 0 Å². The van der Waals surface area contributed by atoms with Crippen LogP contribution in [0.4, 0.5) is 4.39 Å². The largest absolute Gasteiger partial charge is 0.439 e. The van der Waals surface area contributed by atoms with E-state index in [-0.39, 0.29) is 5.82 Å². The predicted octanol–water partition coefficient (Wildman–Crippen LogP) is 3.87.